The van der Waals surface area contributed by atoms with Crippen LogP contribution in [0.2, 0.25) is 0 Å². The van der Waals surface area contributed by atoms with Gasteiger partial charge in [-0.2, -0.15) is 0 Å². The molecule has 0 aromatic heterocycles. The molecule has 1 aromatic rings. The molecule has 0 aliphatic rings. The fraction of sp³-hybridized carbons (Fsp3) is 0.308. The third kappa shape index (κ3) is 5.82. The van der Waals surface area contributed by atoms with Crippen LogP contribution in [0.25, 0.3) is 0 Å². The number of aliphatic carboxylic acids is 1. The summed E-state index contributed by atoms with van der Waals surface area (Å²) in [7, 11) is 0. The summed E-state index contributed by atoms with van der Waals surface area (Å²) in [6.07, 6.45) is 0. The molecule has 0 spiro atoms. The number of hydrogen-bond acceptors (Lipinski definition) is 3. The van der Waals surface area contributed by atoms with Crippen molar-refractivity contribution in [3.8, 4) is 0 Å². The zero-order chi connectivity index (χ0) is 16.0. The molecule has 1 rings (SSSR count). The Morgan fingerprint density at radius 2 is 1.86 bits per heavy atom. The van der Waals surface area contributed by atoms with Crippen molar-refractivity contribution in [3.63, 3.8) is 0 Å². The minimum atomic E-state index is -1.22. The van der Waals surface area contributed by atoms with Crippen molar-refractivity contribution in [2.24, 2.45) is 5.73 Å². The molecular formula is C13H16BrN3O4. The average Bonchev–Trinajstić information content (AvgIpc) is 2.37. The van der Waals surface area contributed by atoms with E-state index in [1.807, 2.05) is 24.3 Å². The normalized spacial score (nSPS) is 11.5. The Bertz CT molecular complexity index is 517. The first-order valence-electron chi connectivity index (χ1n) is 6.10. The van der Waals surface area contributed by atoms with E-state index in [0.29, 0.717) is 0 Å². The predicted octanol–water partition coefficient (Wildman–Crippen LogP) is 1.09. The molecule has 0 saturated carbocycles. The number of nitrogens with zero attached hydrogens (tertiary/aromatic N) is 1. The number of carboxylic acids is 1. The lowest BCUT2D eigenvalue weighted by Crippen LogP contribution is -2.47. The molecule has 4 N–H and O–H groups in total. The highest BCUT2D eigenvalue weighted by Gasteiger charge is 2.20. The van der Waals surface area contributed by atoms with Crippen molar-refractivity contribution < 1.29 is 19.5 Å². The Balaban J connectivity index is 2.73. The quantitative estimate of drug-likeness (QED) is 0.707. The first kappa shape index (κ1) is 17.0. The number of rotatable bonds is 6. The third-order valence-corrected chi connectivity index (χ3v) is 3.20. The molecule has 7 nitrogen and oxygen atoms in total. The Labute approximate surface area is 130 Å². The van der Waals surface area contributed by atoms with E-state index in [4.69, 9.17) is 10.8 Å². The summed E-state index contributed by atoms with van der Waals surface area (Å²) in [4.78, 5) is 34.4. The second kappa shape index (κ2) is 7.63. The number of amides is 3. The largest absolute Gasteiger partial charge is 0.480 e. The first-order valence-corrected chi connectivity index (χ1v) is 6.90. The Morgan fingerprint density at radius 1 is 1.29 bits per heavy atom. The monoisotopic (exact) mass is 357 g/mol. The van der Waals surface area contributed by atoms with Gasteiger partial charge in [0.2, 0.25) is 5.91 Å². The van der Waals surface area contributed by atoms with Crippen LogP contribution < -0.4 is 11.1 Å². The zero-order valence-electron chi connectivity index (χ0n) is 11.4. The van der Waals surface area contributed by atoms with Gasteiger partial charge >= 0.3 is 12.0 Å². The van der Waals surface area contributed by atoms with Gasteiger partial charge in [0.15, 0.2) is 0 Å². The summed E-state index contributed by atoms with van der Waals surface area (Å²) in [6, 6.07) is 6.31. The average molecular weight is 358 g/mol. The van der Waals surface area contributed by atoms with Gasteiger partial charge in [0.1, 0.15) is 13.1 Å². The van der Waals surface area contributed by atoms with E-state index in [1.165, 1.54) is 0 Å². The molecule has 1 atom stereocenters. The maximum absolute atomic E-state index is 12.0. The van der Waals surface area contributed by atoms with Crippen LogP contribution in [0.1, 0.15) is 18.5 Å². The molecule has 0 saturated heterocycles. The SMILES string of the molecule is CC(NC(=O)N(CC(N)=O)CC(=O)O)c1ccc(Br)cc1. The van der Waals surface area contributed by atoms with Gasteiger partial charge in [-0.05, 0) is 24.6 Å². The van der Waals surface area contributed by atoms with E-state index >= 15 is 0 Å². The van der Waals surface area contributed by atoms with Crippen molar-refractivity contribution >= 4 is 33.8 Å². The zero-order valence-corrected chi connectivity index (χ0v) is 13.0. The van der Waals surface area contributed by atoms with Crippen LogP contribution in [-0.4, -0.2) is 41.0 Å². The number of carbonyl (C=O) groups is 3. The van der Waals surface area contributed by atoms with Crippen molar-refractivity contribution in [1.82, 2.24) is 10.2 Å². The van der Waals surface area contributed by atoms with E-state index in [-0.39, 0.29) is 6.04 Å². The molecule has 0 radical (unpaired) electrons. The summed E-state index contributed by atoms with van der Waals surface area (Å²) < 4.78 is 0.908. The smallest absolute Gasteiger partial charge is 0.323 e. The molecule has 1 aromatic carbocycles. The molecule has 114 valence electrons. The first-order chi connectivity index (χ1) is 9.79. The summed E-state index contributed by atoms with van der Waals surface area (Å²) in [5, 5.41) is 11.4. The van der Waals surface area contributed by atoms with Gasteiger partial charge in [0, 0.05) is 4.47 Å². The number of primary amides is 1. The molecule has 1 unspecified atom stereocenters. The lowest BCUT2D eigenvalue weighted by atomic mass is 10.1. The van der Waals surface area contributed by atoms with E-state index in [0.717, 1.165) is 14.9 Å². The van der Waals surface area contributed by atoms with Gasteiger partial charge < -0.3 is 21.1 Å². The van der Waals surface area contributed by atoms with E-state index < -0.39 is 31.0 Å². The molecule has 8 heteroatoms. The van der Waals surface area contributed by atoms with Gasteiger partial charge in [-0.15, -0.1) is 0 Å². The highest BCUT2D eigenvalue weighted by molar-refractivity contribution is 9.10. The van der Waals surface area contributed by atoms with Crippen molar-refractivity contribution in [1.29, 1.82) is 0 Å². The van der Waals surface area contributed by atoms with E-state index in [2.05, 4.69) is 21.2 Å². The fourth-order valence-electron chi connectivity index (χ4n) is 1.66. The highest BCUT2D eigenvalue weighted by Crippen LogP contribution is 2.16. The minimum absolute atomic E-state index is 0.338. The second-order valence-corrected chi connectivity index (χ2v) is 5.35. The summed E-state index contributed by atoms with van der Waals surface area (Å²) in [5.74, 6) is -2.00. The second-order valence-electron chi connectivity index (χ2n) is 4.44. The minimum Gasteiger partial charge on any atom is -0.480 e. The molecule has 21 heavy (non-hydrogen) atoms. The third-order valence-electron chi connectivity index (χ3n) is 2.67. The van der Waals surface area contributed by atoms with Gasteiger partial charge in [-0.25, -0.2) is 4.79 Å². The predicted molar refractivity (Wildman–Crippen MR) is 79.5 cm³/mol. The molecule has 0 fully saturated rings. The van der Waals surface area contributed by atoms with Gasteiger partial charge in [-0.1, -0.05) is 28.1 Å². The van der Waals surface area contributed by atoms with Crippen LogP contribution >= 0.6 is 15.9 Å². The van der Waals surface area contributed by atoms with Gasteiger partial charge in [0.05, 0.1) is 6.04 Å². The molecule has 3 amide bonds. The number of benzene rings is 1. The van der Waals surface area contributed by atoms with E-state index in [1.54, 1.807) is 6.92 Å². The summed E-state index contributed by atoms with van der Waals surface area (Å²) >= 11 is 3.31. The van der Waals surface area contributed by atoms with Crippen molar-refractivity contribution in [2.75, 3.05) is 13.1 Å². The van der Waals surface area contributed by atoms with Crippen LogP contribution in [0.5, 0.6) is 0 Å². The van der Waals surface area contributed by atoms with Crippen LogP contribution in [0.15, 0.2) is 28.7 Å². The van der Waals surface area contributed by atoms with E-state index in [9.17, 15) is 14.4 Å². The van der Waals surface area contributed by atoms with Crippen molar-refractivity contribution in [3.05, 3.63) is 34.3 Å². The highest BCUT2D eigenvalue weighted by atomic mass is 79.9. The standard InChI is InChI=1S/C13H16BrN3O4/c1-8(9-2-4-10(14)5-3-9)16-13(21)17(6-11(15)18)7-12(19)20/h2-5,8H,6-7H2,1H3,(H2,15,18)(H,16,21)(H,19,20). The fourth-order valence-corrected chi connectivity index (χ4v) is 1.93. The molecule has 0 bridgehead atoms. The van der Waals surface area contributed by atoms with Crippen LogP contribution in [0.3, 0.4) is 0 Å². The van der Waals surface area contributed by atoms with Crippen molar-refractivity contribution in [2.45, 2.75) is 13.0 Å². The Kier molecular flexibility index (Phi) is 6.16. The van der Waals surface area contributed by atoms with Crippen LogP contribution in [0, 0.1) is 0 Å². The molecule has 0 aliphatic carbocycles. The number of carbonyl (C=O) groups excluding carboxylic acids is 2. The Hall–Kier alpha value is -2.09. The number of nitrogens with one attached hydrogen (secondary N) is 1. The lowest BCUT2D eigenvalue weighted by molar-refractivity contribution is -0.137. The number of nitrogens with two attached hydrogens (primary N) is 1. The number of halogens is 1. The maximum atomic E-state index is 12.0. The number of hydrogen-bond donors (Lipinski definition) is 3. The lowest BCUT2D eigenvalue weighted by Gasteiger charge is -2.22. The van der Waals surface area contributed by atoms with Gasteiger partial charge in [0.25, 0.3) is 0 Å². The molecule has 0 heterocycles. The number of carboxylic acid groups (broad SMARTS) is 1. The van der Waals surface area contributed by atoms with Crippen LogP contribution in [-0.2, 0) is 9.59 Å². The number of urea groups is 1. The molecular weight excluding hydrogens is 342 g/mol. The maximum Gasteiger partial charge on any atom is 0.323 e. The Morgan fingerprint density at radius 3 is 2.33 bits per heavy atom. The summed E-state index contributed by atoms with van der Waals surface area (Å²) in [5.41, 5.74) is 5.85. The van der Waals surface area contributed by atoms with Gasteiger partial charge in [-0.3, -0.25) is 9.59 Å². The topological polar surface area (TPSA) is 113 Å². The summed E-state index contributed by atoms with van der Waals surface area (Å²) in [6.45, 7) is 0.706. The van der Waals surface area contributed by atoms with Crippen LogP contribution in [0.4, 0.5) is 4.79 Å². The molecule has 0 aliphatic heterocycles.